The van der Waals surface area contributed by atoms with E-state index in [1.165, 1.54) is 11.9 Å². The first kappa shape index (κ1) is 21.4. The second kappa shape index (κ2) is 9.19. The number of amides is 1. The summed E-state index contributed by atoms with van der Waals surface area (Å²) < 4.78 is 0. The zero-order chi connectivity index (χ0) is 22.8. The van der Waals surface area contributed by atoms with Crippen LogP contribution >= 0.6 is 0 Å². The third kappa shape index (κ3) is 4.54. The van der Waals surface area contributed by atoms with Crippen LogP contribution < -0.4 is 4.90 Å². The molecular weight excluding hydrogens is 418 g/mol. The fourth-order valence-corrected chi connectivity index (χ4v) is 4.63. The van der Waals surface area contributed by atoms with Gasteiger partial charge in [-0.3, -0.25) is 9.79 Å². The van der Waals surface area contributed by atoms with Gasteiger partial charge in [0.1, 0.15) is 17.8 Å². The van der Waals surface area contributed by atoms with Crippen LogP contribution in [0.3, 0.4) is 0 Å². The lowest BCUT2D eigenvalue weighted by Gasteiger charge is -2.35. The monoisotopic (exact) mass is 447 g/mol. The molecule has 1 aromatic carbocycles. The Balaban J connectivity index is 1.54. The van der Waals surface area contributed by atoms with Gasteiger partial charge in [0, 0.05) is 45.4 Å². The van der Waals surface area contributed by atoms with E-state index >= 15 is 0 Å². The lowest BCUT2D eigenvalue weighted by molar-refractivity contribution is -0.131. The Labute approximate surface area is 192 Å². The standard InChI is InChI=1S/C24H29N7O2/c1-29-8-3-2-7-20(32)30-9-11-31(12-10-30)23-21-19(24(33)28-22(21)26-16-27-23)14-25-18-6-4-5-17(13-18)15-29/h4-6,13-14,16,33H,2-3,7-12,15H2,1H3,(H,26,27,28). The van der Waals surface area contributed by atoms with Gasteiger partial charge in [-0.25, -0.2) is 9.97 Å². The minimum absolute atomic E-state index is 0.0195. The zero-order valence-corrected chi connectivity index (χ0v) is 18.9. The van der Waals surface area contributed by atoms with Gasteiger partial charge < -0.3 is 24.8 Å². The van der Waals surface area contributed by atoms with Crippen LogP contribution in [-0.2, 0) is 11.3 Å². The first-order valence-electron chi connectivity index (χ1n) is 11.5. The highest BCUT2D eigenvalue weighted by molar-refractivity contribution is 6.06. The molecule has 9 nitrogen and oxygen atoms in total. The molecule has 0 spiro atoms. The minimum Gasteiger partial charge on any atom is -0.494 e. The summed E-state index contributed by atoms with van der Waals surface area (Å²) in [6, 6.07) is 8.11. The normalized spacial score (nSPS) is 18.4. The molecule has 9 heteroatoms. The number of piperazine rings is 1. The highest BCUT2D eigenvalue weighted by Gasteiger charge is 2.25. The van der Waals surface area contributed by atoms with Crippen molar-refractivity contribution in [3.63, 3.8) is 0 Å². The van der Waals surface area contributed by atoms with Gasteiger partial charge in [-0.05, 0) is 44.1 Å². The Morgan fingerprint density at radius 3 is 2.70 bits per heavy atom. The molecule has 3 aromatic rings. The first-order chi connectivity index (χ1) is 16.1. The third-order valence-electron chi connectivity index (χ3n) is 6.41. The number of fused-ring (bicyclic) bond motifs is 8. The number of aliphatic imine (C=N–C) groups is 1. The second-order valence-corrected chi connectivity index (χ2v) is 8.80. The number of carbonyl (C=O) groups is 1. The van der Waals surface area contributed by atoms with E-state index in [4.69, 9.17) is 0 Å². The van der Waals surface area contributed by atoms with Crippen LogP contribution in [0.2, 0.25) is 0 Å². The van der Waals surface area contributed by atoms with Crippen LogP contribution in [0.5, 0.6) is 5.88 Å². The number of nitrogens with zero attached hydrogens (tertiary/aromatic N) is 6. The van der Waals surface area contributed by atoms with Gasteiger partial charge in [0.25, 0.3) is 0 Å². The van der Waals surface area contributed by atoms with E-state index in [-0.39, 0.29) is 11.8 Å². The van der Waals surface area contributed by atoms with Crippen LogP contribution in [0.15, 0.2) is 35.6 Å². The average molecular weight is 448 g/mol. The van der Waals surface area contributed by atoms with Crippen molar-refractivity contribution in [2.24, 2.45) is 4.99 Å². The maximum absolute atomic E-state index is 12.7. The number of nitrogens with one attached hydrogen (secondary N) is 1. The number of aromatic nitrogens is 3. The summed E-state index contributed by atoms with van der Waals surface area (Å²) in [4.78, 5) is 35.5. The third-order valence-corrected chi connectivity index (χ3v) is 6.41. The smallest absolute Gasteiger partial charge is 0.222 e. The molecule has 2 N–H and O–H groups in total. The lowest BCUT2D eigenvalue weighted by atomic mass is 10.1. The summed E-state index contributed by atoms with van der Waals surface area (Å²) in [5, 5.41) is 11.3. The predicted molar refractivity (Wildman–Crippen MR) is 128 cm³/mol. The van der Waals surface area contributed by atoms with E-state index in [9.17, 15) is 9.90 Å². The molecular formula is C24H29N7O2. The van der Waals surface area contributed by atoms with Gasteiger partial charge in [-0.2, -0.15) is 0 Å². The molecule has 0 saturated carbocycles. The molecule has 6 rings (SSSR count). The highest BCUT2D eigenvalue weighted by Crippen LogP contribution is 2.32. The van der Waals surface area contributed by atoms with Crippen molar-refractivity contribution in [2.75, 3.05) is 44.7 Å². The Kier molecular flexibility index (Phi) is 5.95. The van der Waals surface area contributed by atoms with Crippen molar-refractivity contribution >= 4 is 34.7 Å². The van der Waals surface area contributed by atoms with Crippen LogP contribution in [0.1, 0.15) is 30.4 Å². The summed E-state index contributed by atoms with van der Waals surface area (Å²) in [5.74, 6) is 0.993. The van der Waals surface area contributed by atoms with Crippen molar-refractivity contribution < 1.29 is 9.90 Å². The predicted octanol–water partition coefficient (Wildman–Crippen LogP) is 2.68. The number of rotatable bonds is 0. The summed E-state index contributed by atoms with van der Waals surface area (Å²) in [7, 11) is 2.10. The van der Waals surface area contributed by atoms with Gasteiger partial charge in [0.05, 0.1) is 16.6 Å². The number of aromatic amines is 1. The SMILES string of the molecule is CN1CCCCC(=O)N2CCN(CC2)c2ncnc3[nH]c(O)c(c23)C=Nc2cccc(c2)C1. The fraction of sp³-hybridized carbons (Fsp3) is 0.417. The fourth-order valence-electron chi connectivity index (χ4n) is 4.63. The molecule has 1 amide bonds. The molecule has 0 radical (unpaired) electrons. The minimum atomic E-state index is 0.0195. The Morgan fingerprint density at radius 2 is 1.85 bits per heavy atom. The number of aromatic hydroxyl groups is 1. The molecule has 33 heavy (non-hydrogen) atoms. The van der Waals surface area contributed by atoms with Crippen molar-refractivity contribution in [1.29, 1.82) is 0 Å². The molecule has 1 fully saturated rings. The Morgan fingerprint density at radius 1 is 1.03 bits per heavy atom. The van der Waals surface area contributed by atoms with Crippen LogP contribution in [-0.4, -0.2) is 81.8 Å². The van der Waals surface area contributed by atoms with Crippen LogP contribution in [0.25, 0.3) is 11.0 Å². The van der Waals surface area contributed by atoms with E-state index in [0.717, 1.165) is 42.8 Å². The van der Waals surface area contributed by atoms with Crippen molar-refractivity contribution in [2.45, 2.75) is 25.8 Å². The number of hydrogen-bond donors (Lipinski definition) is 2. The molecule has 5 heterocycles. The molecule has 2 aromatic heterocycles. The summed E-state index contributed by atoms with van der Waals surface area (Å²) in [5.41, 5.74) is 3.13. The zero-order valence-electron chi connectivity index (χ0n) is 18.9. The molecule has 4 bridgehead atoms. The number of anilines is 1. The van der Waals surface area contributed by atoms with Gasteiger partial charge in [-0.15, -0.1) is 0 Å². The molecule has 1 saturated heterocycles. The number of benzene rings is 1. The number of hydrogen-bond acceptors (Lipinski definition) is 7. The van der Waals surface area contributed by atoms with E-state index in [0.29, 0.717) is 43.8 Å². The highest BCUT2D eigenvalue weighted by atomic mass is 16.3. The summed E-state index contributed by atoms with van der Waals surface area (Å²) in [6.45, 7) is 4.45. The van der Waals surface area contributed by atoms with Crippen molar-refractivity contribution in [3.05, 3.63) is 41.7 Å². The molecule has 0 atom stereocenters. The number of carbonyl (C=O) groups excluding carboxylic acids is 1. The number of H-pyrrole nitrogens is 1. The average Bonchev–Trinajstić information content (AvgIpc) is 3.15. The largest absolute Gasteiger partial charge is 0.494 e. The van der Waals surface area contributed by atoms with Gasteiger partial charge >= 0.3 is 0 Å². The maximum Gasteiger partial charge on any atom is 0.222 e. The molecule has 3 aliphatic rings. The van der Waals surface area contributed by atoms with Crippen molar-refractivity contribution in [3.8, 4) is 5.88 Å². The van der Waals surface area contributed by atoms with E-state index in [1.807, 2.05) is 17.0 Å². The quantitative estimate of drug-likeness (QED) is 0.550. The van der Waals surface area contributed by atoms with Gasteiger partial charge in [-0.1, -0.05) is 12.1 Å². The topological polar surface area (TPSA) is 101 Å². The second-order valence-electron chi connectivity index (χ2n) is 8.80. The van der Waals surface area contributed by atoms with Gasteiger partial charge in [0.2, 0.25) is 5.91 Å². The Hall–Kier alpha value is -3.46. The molecule has 0 unspecified atom stereocenters. The first-order valence-corrected chi connectivity index (χ1v) is 11.5. The van der Waals surface area contributed by atoms with E-state index in [1.54, 1.807) is 6.21 Å². The van der Waals surface area contributed by atoms with Gasteiger partial charge in [0.15, 0.2) is 5.88 Å². The molecule has 3 aliphatic heterocycles. The van der Waals surface area contributed by atoms with Crippen LogP contribution in [0, 0.1) is 0 Å². The lowest BCUT2D eigenvalue weighted by Crippen LogP contribution is -2.49. The maximum atomic E-state index is 12.7. The summed E-state index contributed by atoms with van der Waals surface area (Å²) >= 11 is 0. The van der Waals surface area contributed by atoms with Crippen LogP contribution in [0.4, 0.5) is 11.5 Å². The molecule has 172 valence electrons. The van der Waals surface area contributed by atoms with Crippen molar-refractivity contribution in [1.82, 2.24) is 24.8 Å². The summed E-state index contributed by atoms with van der Waals surface area (Å²) in [6.07, 6.45) is 5.66. The Bertz CT molecular complexity index is 1180. The molecule has 0 aliphatic carbocycles. The van der Waals surface area contributed by atoms with E-state index in [2.05, 4.69) is 48.9 Å². The van der Waals surface area contributed by atoms with E-state index < -0.39 is 0 Å².